The maximum atomic E-state index is 11.8. The minimum Gasteiger partial charge on any atom is -0.356 e. The number of hydrogen-bond donors (Lipinski definition) is 1. The van der Waals surface area contributed by atoms with Crippen LogP contribution in [0, 0.1) is 5.92 Å². The molecule has 0 saturated heterocycles. The number of hydrogen-bond acceptors (Lipinski definition) is 1. The smallest absolute Gasteiger partial charge is 0.223 e. The Kier molecular flexibility index (Phi) is 14.5. The van der Waals surface area contributed by atoms with Gasteiger partial charge < -0.3 is 5.32 Å². The minimum atomic E-state index is 0. The van der Waals surface area contributed by atoms with E-state index >= 15 is 0 Å². The summed E-state index contributed by atoms with van der Waals surface area (Å²) in [6.45, 7) is 7.32. The van der Waals surface area contributed by atoms with Crippen LogP contribution in [0.2, 0.25) is 0 Å². The molecule has 2 heteroatoms. The van der Waals surface area contributed by atoms with Gasteiger partial charge in [0, 0.05) is 13.9 Å². The Morgan fingerprint density at radius 1 is 0.800 bits per heavy atom. The van der Waals surface area contributed by atoms with Gasteiger partial charge in [-0.3, -0.25) is 4.79 Å². The van der Waals surface area contributed by atoms with E-state index < -0.39 is 0 Å². The molecular formula is C18H39NO. The predicted molar refractivity (Wildman–Crippen MR) is 91.0 cm³/mol. The lowest BCUT2D eigenvalue weighted by atomic mass is 10.0. The van der Waals surface area contributed by atoms with Gasteiger partial charge in [-0.25, -0.2) is 0 Å². The number of nitrogens with one attached hydrogen (secondary N) is 1. The topological polar surface area (TPSA) is 29.1 Å². The first-order valence-corrected chi connectivity index (χ1v) is 9.03. The molecule has 1 N–H and O–H groups in total. The van der Waals surface area contributed by atoms with Crippen LogP contribution in [0.4, 0.5) is 0 Å². The van der Waals surface area contributed by atoms with Crippen LogP contribution in [0.15, 0.2) is 0 Å². The van der Waals surface area contributed by atoms with E-state index in [1.807, 2.05) is 0 Å². The van der Waals surface area contributed by atoms with Crippen molar-refractivity contribution >= 4 is 5.91 Å². The molecule has 0 aromatic heterocycles. The summed E-state index contributed by atoms with van der Waals surface area (Å²) in [6, 6.07) is 0. The van der Waals surface area contributed by atoms with Crippen LogP contribution in [0.1, 0.15) is 99.2 Å². The van der Waals surface area contributed by atoms with Crippen LogP contribution < -0.4 is 5.32 Å². The Hall–Kier alpha value is -0.530. The number of carbonyl (C=O) groups is 1. The lowest BCUT2D eigenvalue weighted by Gasteiger charge is -2.12. The lowest BCUT2D eigenvalue weighted by molar-refractivity contribution is -0.125. The van der Waals surface area contributed by atoms with E-state index in [0.29, 0.717) is 0 Å². The molecule has 0 unspecified atom stereocenters. The van der Waals surface area contributed by atoms with Crippen molar-refractivity contribution in [1.82, 2.24) is 5.32 Å². The highest BCUT2D eigenvalue weighted by atomic mass is 16.1. The van der Waals surface area contributed by atoms with Crippen LogP contribution in [0.5, 0.6) is 0 Å². The summed E-state index contributed by atoms with van der Waals surface area (Å²) in [5.41, 5.74) is 0. The SMILES string of the molecule is CCCCCCCCCCCCNC(=O)C(CC)CC.[HH]. The van der Waals surface area contributed by atoms with Crippen LogP contribution in [-0.2, 0) is 4.79 Å². The molecule has 0 aromatic carbocycles. The van der Waals surface area contributed by atoms with Crippen molar-refractivity contribution < 1.29 is 6.22 Å². The molecule has 0 rings (SSSR count). The van der Waals surface area contributed by atoms with Gasteiger partial charge in [-0.15, -0.1) is 0 Å². The van der Waals surface area contributed by atoms with Crippen LogP contribution >= 0.6 is 0 Å². The summed E-state index contributed by atoms with van der Waals surface area (Å²) in [5.74, 6) is 0.476. The average molecular weight is 286 g/mol. The van der Waals surface area contributed by atoms with Gasteiger partial charge in [-0.2, -0.15) is 0 Å². The Balaban J connectivity index is 0. The molecule has 0 atom stereocenters. The molecule has 0 heterocycles. The predicted octanol–water partition coefficient (Wildman–Crippen LogP) is 5.71. The summed E-state index contributed by atoms with van der Waals surface area (Å²) >= 11 is 0. The second-order valence-electron chi connectivity index (χ2n) is 5.99. The normalized spacial score (nSPS) is 11.0. The third-order valence-corrected chi connectivity index (χ3v) is 4.19. The fourth-order valence-corrected chi connectivity index (χ4v) is 2.63. The van der Waals surface area contributed by atoms with E-state index in [9.17, 15) is 4.79 Å². The lowest BCUT2D eigenvalue weighted by Crippen LogP contribution is -2.30. The molecule has 0 aliphatic carbocycles. The molecule has 0 aliphatic rings. The first-order chi connectivity index (χ1) is 9.76. The zero-order valence-electron chi connectivity index (χ0n) is 14.2. The highest BCUT2D eigenvalue weighted by Crippen LogP contribution is 2.10. The van der Waals surface area contributed by atoms with Crippen LogP contribution in [0.3, 0.4) is 0 Å². The fraction of sp³-hybridized carbons (Fsp3) is 0.944. The third-order valence-electron chi connectivity index (χ3n) is 4.19. The Morgan fingerprint density at radius 3 is 1.70 bits per heavy atom. The van der Waals surface area contributed by atoms with Gasteiger partial charge in [-0.05, 0) is 19.3 Å². The van der Waals surface area contributed by atoms with Gasteiger partial charge >= 0.3 is 0 Å². The highest BCUT2D eigenvalue weighted by Gasteiger charge is 2.12. The minimum absolute atomic E-state index is 0. The van der Waals surface area contributed by atoms with Crippen LogP contribution in [-0.4, -0.2) is 12.5 Å². The quantitative estimate of drug-likeness (QED) is 0.407. The van der Waals surface area contributed by atoms with Crippen molar-refractivity contribution in [2.24, 2.45) is 5.92 Å². The molecule has 0 radical (unpaired) electrons. The Bertz CT molecular complexity index is 217. The molecule has 0 aromatic rings. The van der Waals surface area contributed by atoms with Gasteiger partial charge in [0.25, 0.3) is 0 Å². The Morgan fingerprint density at radius 2 is 1.25 bits per heavy atom. The van der Waals surface area contributed by atoms with Crippen molar-refractivity contribution in [3.63, 3.8) is 0 Å². The van der Waals surface area contributed by atoms with Crippen LogP contribution in [0.25, 0.3) is 0 Å². The molecule has 0 fully saturated rings. The first-order valence-electron chi connectivity index (χ1n) is 9.03. The van der Waals surface area contributed by atoms with Gasteiger partial charge in [0.15, 0.2) is 0 Å². The van der Waals surface area contributed by atoms with Gasteiger partial charge in [0.05, 0.1) is 0 Å². The molecule has 2 nitrogen and oxygen atoms in total. The number of rotatable bonds is 14. The van der Waals surface area contributed by atoms with E-state index in [1.165, 1.54) is 57.8 Å². The van der Waals surface area contributed by atoms with Crippen molar-refractivity contribution in [2.75, 3.05) is 6.54 Å². The summed E-state index contributed by atoms with van der Waals surface area (Å²) in [5, 5.41) is 3.07. The van der Waals surface area contributed by atoms with Crippen molar-refractivity contribution in [3.05, 3.63) is 0 Å². The molecule has 0 aliphatic heterocycles. The van der Waals surface area contributed by atoms with E-state index in [0.717, 1.165) is 25.8 Å². The molecule has 0 bridgehead atoms. The summed E-state index contributed by atoms with van der Waals surface area (Å²) in [7, 11) is 0. The summed E-state index contributed by atoms with van der Waals surface area (Å²) in [4.78, 5) is 11.8. The maximum Gasteiger partial charge on any atom is 0.223 e. The van der Waals surface area contributed by atoms with E-state index in [-0.39, 0.29) is 13.3 Å². The average Bonchev–Trinajstić information content (AvgIpc) is 2.46. The van der Waals surface area contributed by atoms with Gasteiger partial charge in [0.1, 0.15) is 0 Å². The number of amides is 1. The third kappa shape index (κ3) is 11.3. The van der Waals surface area contributed by atoms with E-state index in [4.69, 9.17) is 0 Å². The second kappa shape index (κ2) is 14.9. The fourth-order valence-electron chi connectivity index (χ4n) is 2.63. The van der Waals surface area contributed by atoms with E-state index in [1.54, 1.807) is 0 Å². The zero-order chi connectivity index (χ0) is 15.1. The monoisotopic (exact) mass is 285 g/mol. The standard InChI is InChI=1S/C18H37NO.H2/c1-4-7-8-9-10-11-12-13-14-15-16-19-18(20)17(5-2)6-3;/h17H,4-16H2,1-3H3,(H,19,20);1H. The zero-order valence-corrected chi connectivity index (χ0v) is 14.2. The second-order valence-corrected chi connectivity index (χ2v) is 5.99. The van der Waals surface area contributed by atoms with E-state index in [2.05, 4.69) is 26.1 Å². The van der Waals surface area contributed by atoms with Crippen molar-refractivity contribution in [1.29, 1.82) is 0 Å². The number of unbranched alkanes of at least 4 members (excludes halogenated alkanes) is 9. The number of carbonyl (C=O) groups excluding carboxylic acids is 1. The summed E-state index contributed by atoms with van der Waals surface area (Å²) in [6.07, 6.45) is 15.4. The van der Waals surface area contributed by atoms with Crippen molar-refractivity contribution in [2.45, 2.75) is 97.8 Å². The first kappa shape index (κ1) is 19.5. The van der Waals surface area contributed by atoms with Gasteiger partial charge in [0.2, 0.25) is 5.91 Å². The highest BCUT2D eigenvalue weighted by molar-refractivity contribution is 5.78. The molecule has 0 saturated carbocycles. The molecule has 20 heavy (non-hydrogen) atoms. The Labute approximate surface area is 128 Å². The largest absolute Gasteiger partial charge is 0.356 e. The molecular weight excluding hydrogens is 246 g/mol. The van der Waals surface area contributed by atoms with Gasteiger partial charge in [-0.1, -0.05) is 78.6 Å². The van der Waals surface area contributed by atoms with Crippen molar-refractivity contribution in [3.8, 4) is 0 Å². The maximum absolute atomic E-state index is 11.8. The molecule has 0 spiro atoms. The molecule has 1 amide bonds. The molecule has 122 valence electrons. The summed E-state index contributed by atoms with van der Waals surface area (Å²) < 4.78 is 0.